The zero-order valence-corrected chi connectivity index (χ0v) is 15.7. The topological polar surface area (TPSA) is 63.2 Å². The summed E-state index contributed by atoms with van der Waals surface area (Å²) in [5.41, 5.74) is 5.62. The monoisotopic (exact) mass is 361 g/mol. The summed E-state index contributed by atoms with van der Waals surface area (Å²) in [6, 6.07) is 17.4. The van der Waals surface area contributed by atoms with Crippen LogP contribution in [0, 0.1) is 13.8 Å². The number of carbonyl (C=O) groups excluding carboxylic acids is 1. The molecule has 0 unspecified atom stereocenters. The lowest BCUT2D eigenvalue weighted by molar-refractivity contribution is 0.0946. The lowest BCUT2D eigenvalue weighted by Gasteiger charge is -2.09. The Morgan fingerprint density at radius 1 is 0.963 bits per heavy atom. The molecule has 2 aromatic carbocycles. The second-order valence-corrected chi connectivity index (χ2v) is 6.46. The average Bonchev–Trinajstić information content (AvgIpc) is 2.66. The summed E-state index contributed by atoms with van der Waals surface area (Å²) in [5, 5.41) is 6.19. The smallest absolute Gasteiger partial charge is 0.270 e. The second-order valence-electron chi connectivity index (χ2n) is 6.46. The van der Waals surface area contributed by atoms with Crippen LogP contribution in [0.25, 0.3) is 0 Å². The summed E-state index contributed by atoms with van der Waals surface area (Å²) in [7, 11) is 1.63. The number of hydrogen-bond donors (Lipinski definition) is 2. The van der Waals surface area contributed by atoms with Gasteiger partial charge >= 0.3 is 0 Å². The van der Waals surface area contributed by atoms with Crippen LogP contribution in [0.1, 0.15) is 27.2 Å². The Morgan fingerprint density at radius 3 is 2.26 bits per heavy atom. The lowest BCUT2D eigenvalue weighted by Crippen LogP contribution is -2.23. The quantitative estimate of drug-likeness (QED) is 0.684. The summed E-state index contributed by atoms with van der Waals surface area (Å²) < 4.78 is 5.13. The molecule has 3 aromatic rings. The molecule has 5 heteroatoms. The highest BCUT2D eigenvalue weighted by atomic mass is 16.5. The molecule has 0 aliphatic carbocycles. The molecule has 1 aromatic heterocycles. The van der Waals surface area contributed by atoms with Crippen LogP contribution in [0.2, 0.25) is 0 Å². The molecule has 0 aliphatic heterocycles. The molecule has 0 bridgehead atoms. The molecule has 3 rings (SSSR count). The van der Waals surface area contributed by atoms with Gasteiger partial charge in [-0.05, 0) is 66.9 Å². The predicted octanol–water partition coefficient (Wildman–Crippen LogP) is 4.38. The van der Waals surface area contributed by atoms with Gasteiger partial charge in [-0.15, -0.1) is 0 Å². The minimum atomic E-state index is -0.205. The number of pyridine rings is 1. The minimum Gasteiger partial charge on any atom is -0.497 e. The SMILES string of the molecule is COc1ccc(CNC(=O)c2ccc(Nc3cc(C)cc(C)c3)cn2)cc1. The van der Waals surface area contributed by atoms with Crippen molar-refractivity contribution >= 4 is 17.3 Å². The normalized spacial score (nSPS) is 10.3. The van der Waals surface area contributed by atoms with E-state index >= 15 is 0 Å². The number of aryl methyl sites for hydroxylation is 2. The fourth-order valence-corrected chi connectivity index (χ4v) is 2.83. The van der Waals surface area contributed by atoms with E-state index in [2.05, 4.69) is 47.7 Å². The van der Waals surface area contributed by atoms with Gasteiger partial charge in [0.25, 0.3) is 5.91 Å². The molecule has 0 radical (unpaired) electrons. The molecular weight excluding hydrogens is 338 g/mol. The van der Waals surface area contributed by atoms with Crippen molar-refractivity contribution in [3.05, 3.63) is 83.2 Å². The number of carbonyl (C=O) groups is 1. The second kappa shape index (κ2) is 8.36. The van der Waals surface area contributed by atoms with Crippen molar-refractivity contribution in [1.82, 2.24) is 10.3 Å². The molecule has 0 aliphatic rings. The zero-order chi connectivity index (χ0) is 19.2. The Kier molecular flexibility index (Phi) is 5.71. The Morgan fingerprint density at radius 2 is 1.67 bits per heavy atom. The molecule has 0 saturated carbocycles. The van der Waals surface area contributed by atoms with Gasteiger partial charge in [0.1, 0.15) is 11.4 Å². The maximum absolute atomic E-state index is 12.3. The highest BCUT2D eigenvalue weighted by molar-refractivity contribution is 5.92. The molecular formula is C22H23N3O2. The fraction of sp³-hybridized carbons (Fsp3) is 0.182. The number of amides is 1. The Labute approximate surface area is 159 Å². The Bertz CT molecular complexity index is 899. The van der Waals surface area contributed by atoms with Gasteiger partial charge in [0, 0.05) is 12.2 Å². The number of hydrogen-bond acceptors (Lipinski definition) is 4. The molecule has 0 spiro atoms. The van der Waals surface area contributed by atoms with Crippen molar-refractivity contribution in [2.75, 3.05) is 12.4 Å². The van der Waals surface area contributed by atoms with Gasteiger partial charge in [0.05, 0.1) is 19.0 Å². The Hall–Kier alpha value is -3.34. The number of nitrogens with one attached hydrogen (secondary N) is 2. The van der Waals surface area contributed by atoms with Crippen molar-refractivity contribution in [2.24, 2.45) is 0 Å². The highest BCUT2D eigenvalue weighted by Gasteiger charge is 2.07. The third kappa shape index (κ3) is 5.07. The highest BCUT2D eigenvalue weighted by Crippen LogP contribution is 2.19. The first-order valence-corrected chi connectivity index (χ1v) is 8.76. The van der Waals surface area contributed by atoms with Crippen LogP contribution in [0.3, 0.4) is 0 Å². The molecule has 138 valence electrons. The first-order chi connectivity index (χ1) is 13.0. The van der Waals surface area contributed by atoms with Gasteiger partial charge < -0.3 is 15.4 Å². The van der Waals surface area contributed by atoms with Gasteiger partial charge in [-0.1, -0.05) is 18.2 Å². The first-order valence-electron chi connectivity index (χ1n) is 8.76. The standard InChI is InChI=1S/C22H23N3O2/c1-15-10-16(2)12-19(11-15)25-18-6-9-21(23-14-18)22(26)24-13-17-4-7-20(27-3)8-5-17/h4-12,14,25H,13H2,1-3H3,(H,24,26). The molecule has 2 N–H and O–H groups in total. The summed E-state index contributed by atoms with van der Waals surface area (Å²) in [6.45, 7) is 4.56. The van der Waals surface area contributed by atoms with Crippen LogP contribution in [-0.4, -0.2) is 18.0 Å². The lowest BCUT2D eigenvalue weighted by atomic mass is 10.1. The van der Waals surface area contributed by atoms with Crippen molar-refractivity contribution < 1.29 is 9.53 Å². The summed E-state index contributed by atoms with van der Waals surface area (Å²) in [6.07, 6.45) is 1.67. The van der Waals surface area contributed by atoms with Gasteiger partial charge in [-0.25, -0.2) is 4.98 Å². The van der Waals surface area contributed by atoms with E-state index in [0.29, 0.717) is 12.2 Å². The van der Waals surface area contributed by atoms with Gasteiger partial charge in [0.15, 0.2) is 0 Å². The minimum absolute atomic E-state index is 0.205. The number of aromatic nitrogens is 1. The van der Waals surface area contributed by atoms with E-state index in [1.807, 2.05) is 30.3 Å². The average molecular weight is 361 g/mol. The van der Waals surface area contributed by atoms with Crippen LogP contribution in [0.4, 0.5) is 11.4 Å². The van der Waals surface area contributed by atoms with E-state index in [-0.39, 0.29) is 5.91 Å². The summed E-state index contributed by atoms with van der Waals surface area (Å²) in [4.78, 5) is 16.5. The number of nitrogens with zero attached hydrogens (tertiary/aromatic N) is 1. The molecule has 1 amide bonds. The Balaban J connectivity index is 1.59. The van der Waals surface area contributed by atoms with E-state index in [1.165, 1.54) is 11.1 Å². The predicted molar refractivity (Wildman–Crippen MR) is 108 cm³/mol. The maximum atomic E-state index is 12.3. The molecule has 5 nitrogen and oxygen atoms in total. The van der Waals surface area contributed by atoms with E-state index in [1.54, 1.807) is 19.4 Å². The molecule has 0 fully saturated rings. The van der Waals surface area contributed by atoms with E-state index in [9.17, 15) is 4.79 Å². The first kappa shape index (κ1) is 18.5. The molecule has 1 heterocycles. The van der Waals surface area contributed by atoms with Crippen molar-refractivity contribution in [3.8, 4) is 5.75 Å². The number of rotatable bonds is 6. The molecule has 0 saturated heterocycles. The third-order valence-electron chi connectivity index (χ3n) is 4.12. The van der Waals surface area contributed by atoms with Crippen molar-refractivity contribution in [2.45, 2.75) is 20.4 Å². The number of methoxy groups -OCH3 is 1. The van der Waals surface area contributed by atoms with E-state index in [0.717, 1.165) is 22.7 Å². The third-order valence-corrected chi connectivity index (χ3v) is 4.12. The fourth-order valence-electron chi connectivity index (χ4n) is 2.83. The van der Waals surface area contributed by atoms with Gasteiger partial charge in [0.2, 0.25) is 0 Å². The van der Waals surface area contributed by atoms with Crippen LogP contribution in [0.5, 0.6) is 5.75 Å². The van der Waals surface area contributed by atoms with Crippen molar-refractivity contribution in [3.63, 3.8) is 0 Å². The van der Waals surface area contributed by atoms with Crippen LogP contribution >= 0.6 is 0 Å². The van der Waals surface area contributed by atoms with Gasteiger partial charge in [-0.3, -0.25) is 4.79 Å². The molecule has 27 heavy (non-hydrogen) atoms. The van der Waals surface area contributed by atoms with Crippen molar-refractivity contribution in [1.29, 1.82) is 0 Å². The van der Waals surface area contributed by atoms with E-state index in [4.69, 9.17) is 4.74 Å². The molecule has 0 atom stereocenters. The summed E-state index contributed by atoms with van der Waals surface area (Å²) in [5.74, 6) is 0.586. The maximum Gasteiger partial charge on any atom is 0.270 e. The zero-order valence-electron chi connectivity index (χ0n) is 15.7. The van der Waals surface area contributed by atoms with Crippen LogP contribution in [-0.2, 0) is 6.54 Å². The van der Waals surface area contributed by atoms with Crippen LogP contribution < -0.4 is 15.4 Å². The number of ether oxygens (including phenoxy) is 1. The largest absolute Gasteiger partial charge is 0.497 e. The van der Waals surface area contributed by atoms with E-state index < -0.39 is 0 Å². The summed E-state index contributed by atoms with van der Waals surface area (Å²) >= 11 is 0. The van der Waals surface area contributed by atoms with Crippen LogP contribution in [0.15, 0.2) is 60.8 Å². The number of benzene rings is 2. The number of anilines is 2. The van der Waals surface area contributed by atoms with Gasteiger partial charge in [-0.2, -0.15) is 0 Å².